The van der Waals surface area contributed by atoms with Crippen LogP contribution in [-0.2, 0) is 19.4 Å². The van der Waals surface area contributed by atoms with Crippen LogP contribution in [0.15, 0.2) is 0 Å². The van der Waals surface area contributed by atoms with Gasteiger partial charge in [0.15, 0.2) is 9.84 Å². The van der Waals surface area contributed by atoms with Gasteiger partial charge in [0.2, 0.25) is 5.91 Å². The number of rotatable bonds is 5. The van der Waals surface area contributed by atoms with Crippen molar-refractivity contribution in [2.75, 3.05) is 64.5 Å². The molecule has 0 radical (unpaired) electrons. The second kappa shape index (κ2) is 7.68. The third-order valence-electron chi connectivity index (χ3n) is 5.54. The number of carbonyl (C=O) groups is 1. The van der Waals surface area contributed by atoms with E-state index in [-0.39, 0.29) is 29.5 Å². The topological polar surface area (TPSA) is 70.2 Å². The summed E-state index contributed by atoms with van der Waals surface area (Å²) in [6.07, 6.45) is 3.36. The highest BCUT2D eigenvalue weighted by Gasteiger charge is 2.46. The second-order valence-electron chi connectivity index (χ2n) is 7.15. The van der Waals surface area contributed by atoms with E-state index in [1.165, 1.54) is 6.42 Å². The minimum absolute atomic E-state index is 0.00643. The standard InChI is InChI=1S/C16H29N3O4S/c1-23-10-9-17-7-8-19(15-13-24(21,22)12-14(15)17)11-16(20)18-5-3-2-4-6-18/h14-15H,2-13H2,1H3. The summed E-state index contributed by atoms with van der Waals surface area (Å²) in [5.74, 6) is 0.535. The molecule has 3 aliphatic heterocycles. The first-order valence-electron chi connectivity index (χ1n) is 8.95. The van der Waals surface area contributed by atoms with Crippen LogP contribution in [0.1, 0.15) is 19.3 Å². The molecule has 3 rings (SSSR count). The lowest BCUT2D eigenvalue weighted by molar-refractivity contribution is -0.134. The molecule has 8 heteroatoms. The average Bonchev–Trinajstić information content (AvgIpc) is 2.90. The van der Waals surface area contributed by atoms with E-state index in [0.717, 1.165) is 45.6 Å². The molecule has 0 aliphatic carbocycles. The van der Waals surface area contributed by atoms with Crippen LogP contribution in [-0.4, -0.2) is 106 Å². The third kappa shape index (κ3) is 4.09. The lowest BCUT2D eigenvalue weighted by Crippen LogP contribution is -2.61. The number of piperidine rings is 1. The molecule has 0 N–H and O–H groups in total. The number of hydrogen-bond acceptors (Lipinski definition) is 6. The highest BCUT2D eigenvalue weighted by molar-refractivity contribution is 7.91. The number of piperazine rings is 1. The fourth-order valence-corrected chi connectivity index (χ4v) is 6.24. The number of ether oxygens (including phenoxy) is 1. The van der Waals surface area contributed by atoms with E-state index in [9.17, 15) is 13.2 Å². The third-order valence-corrected chi connectivity index (χ3v) is 7.23. The van der Waals surface area contributed by atoms with E-state index in [1.807, 2.05) is 4.90 Å². The summed E-state index contributed by atoms with van der Waals surface area (Å²) in [5.41, 5.74) is 0. The SMILES string of the molecule is COCCN1CCN(CC(=O)N2CCCCC2)C2CS(=O)(=O)CC21. The van der Waals surface area contributed by atoms with Crippen LogP contribution in [0.3, 0.4) is 0 Å². The van der Waals surface area contributed by atoms with Crippen molar-refractivity contribution in [3.8, 4) is 0 Å². The molecule has 2 atom stereocenters. The van der Waals surface area contributed by atoms with Gasteiger partial charge in [0.05, 0.1) is 24.7 Å². The summed E-state index contributed by atoms with van der Waals surface area (Å²) in [5, 5.41) is 0. The van der Waals surface area contributed by atoms with Crippen LogP contribution in [0, 0.1) is 0 Å². The van der Waals surface area contributed by atoms with Crippen molar-refractivity contribution in [2.45, 2.75) is 31.3 Å². The monoisotopic (exact) mass is 359 g/mol. The number of methoxy groups -OCH3 is 1. The van der Waals surface area contributed by atoms with Crippen molar-refractivity contribution < 1.29 is 17.9 Å². The van der Waals surface area contributed by atoms with Gasteiger partial charge in [0.25, 0.3) is 0 Å². The Hall–Kier alpha value is -0.700. The molecule has 2 unspecified atom stereocenters. The van der Waals surface area contributed by atoms with E-state index >= 15 is 0 Å². The maximum absolute atomic E-state index is 12.6. The van der Waals surface area contributed by atoms with E-state index in [2.05, 4.69) is 9.80 Å². The van der Waals surface area contributed by atoms with Crippen LogP contribution < -0.4 is 0 Å². The van der Waals surface area contributed by atoms with Crippen molar-refractivity contribution in [1.82, 2.24) is 14.7 Å². The minimum atomic E-state index is -3.03. The van der Waals surface area contributed by atoms with E-state index in [4.69, 9.17) is 4.74 Å². The van der Waals surface area contributed by atoms with Crippen molar-refractivity contribution in [1.29, 1.82) is 0 Å². The fourth-order valence-electron chi connectivity index (χ4n) is 4.20. The summed E-state index contributed by atoms with van der Waals surface area (Å²) < 4.78 is 29.5. The molecule has 0 aromatic rings. The Morgan fingerprint density at radius 2 is 1.62 bits per heavy atom. The minimum Gasteiger partial charge on any atom is -0.383 e. The largest absolute Gasteiger partial charge is 0.383 e. The number of amides is 1. The van der Waals surface area contributed by atoms with E-state index < -0.39 is 9.84 Å². The lowest BCUT2D eigenvalue weighted by atomic mass is 10.0. The highest BCUT2D eigenvalue weighted by Crippen LogP contribution is 2.27. The predicted octanol–water partition coefficient (Wildman–Crippen LogP) is -0.571. The summed E-state index contributed by atoms with van der Waals surface area (Å²) >= 11 is 0. The van der Waals surface area contributed by atoms with Crippen molar-refractivity contribution in [2.24, 2.45) is 0 Å². The van der Waals surface area contributed by atoms with E-state index in [1.54, 1.807) is 7.11 Å². The summed E-state index contributed by atoms with van der Waals surface area (Å²) in [6.45, 7) is 4.96. The number of carbonyl (C=O) groups excluding carboxylic acids is 1. The predicted molar refractivity (Wildman–Crippen MR) is 91.7 cm³/mol. The Balaban J connectivity index is 1.65. The van der Waals surface area contributed by atoms with Gasteiger partial charge < -0.3 is 9.64 Å². The lowest BCUT2D eigenvalue weighted by Gasteiger charge is -2.44. The molecule has 0 spiro atoms. The number of nitrogens with zero attached hydrogens (tertiary/aromatic N) is 3. The Bertz CT molecular complexity index is 548. The number of fused-ring (bicyclic) bond motifs is 1. The van der Waals surface area contributed by atoms with Gasteiger partial charge in [-0.2, -0.15) is 0 Å². The molecular weight excluding hydrogens is 330 g/mol. The first-order valence-corrected chi connectivity index (χ1v) is 10.8. The molecule has 3 heterocycles. The quantitative estimate of drug-likeness (QED) is 0.655. The van der Waals surface area contributed by atoms with Gasteiger partial charge in [-0.3, -0.25) is 14.6 Å². The summed E-state index contributed by atoms with van der Waals surface area (Å²) in [6, 6.07) is -0.0672. The van der Waals surface area contributed by atoms with Crippen LogP contribution >= 0.6 is 0 Å². The molecule has 3 saturated heterocycles. The fraction of sp³-hybridized carbons (Fsp3) is 0.938. The molecule has 0 bridgehead atoms. The zero-order chi connectivity index (χ0) is 17.2. The van der Waals surface area contributed by atoms with Gasteiger partial charge in [-0.1, -0.05) is 0 Å². The number of likely N-dealkylation sites (tertiary alicyclic amines) is 1. The average molecular weight is 359 g/mol. The smallest absolute Gasteiger partial charge is 0.236 e. The van der Waals surface area contributed by atoms with Crippen LogP contribution in [0.4, 0.5) is 0 Å². The zero-order valence-corrected chi connectivity index (χ0v) is 15.3. The van der Waals surface area contributed by atoms with Crippen LogP contribution in [0.5, 0.6) is 0 Å². The normalized spacial score (nSPS) is 31.1. The van der Waals surface area contributed by atoms with Crippen molar-refractivity contribution in [3.05, 3.63) is 0 Å². The molecule has 3 aliphatic rings. The summed E-state index contributed by atoms with van der Waals surface area (Å²) in [7, 11) is -1.37. The highest BCUT2D eigenvalue weighted by atomic mass is 32.2. The van der Waals surface area contributed by atoms with Crippen molar-refractivity contribution in [3.63, 3.8) is 0 Å². The molecule has 1 amide bonds. The zero-order valence-electron chi connectivity index (χ0n) is 14.5. The number of sulfone groups is 1. The molecular formula is C16H29N3O4S. The molecule has 0 saturated carbocycles. The van der Waals surface area contributed by atoms with Gasteiger partial charge in [-0.15, -0.1) is 0 Å². The van der Waals surface area contributed by atoms with Gasteiger partial charge in [-0.05, 0) is 19.3 Å². The maximum atomic E-state index is 12.6. The maximum Gasteiger partial charge on any atom is 0.236 e. The Morgan fingerprint density at radius 3 is 2.29 bits per heavy atom. The van der Waals surface area contributed by atoms with Gasteiger partial charge in [0, 0.05) is 51.9 Å². The van der Waals surface area contributed by atoms with Crippen molar-refractivity contribution >= 4 is 15.7 Å². The molecule has 0 aromatic heterocycles. The first-order chi connectivity index (χ1) is 11.5. The Kier molecular flexibility index (Phi) is 5.79. The molecule has 3 fully saturated rings. The first kappa shape index (κ1) is 18.1. The van der Waals surface area contributed by atoms with E-state index in [0.29, 0.717) is 13.2 Å². The molecule has 7 nitrogen and oxygen atoms in total. The van der Waals surface area contributed by atoms with Gasteiger partial charge in [-0.25, -0.2) is 8.42 Å². The molecule has 0 aromatic carbocycles. The van der Waals surface area contributed by atoms with Gasteiger partial charge in [0.1, 0.15) is 0 Å². The second-order valence-corrected chi connectivity index (χ2v) is 9.31. The molecule has 138 valence electrons. The number of hydrogen-bond donors (Lipinski definition) is 0. The summed E-state index contributed by atoms with van der Waals surface area (Å²) in [4.78, 5) is 18.8. The Labute approximate surface area is 144 Å². The van der Waals surface area contributed by atoms with Crippen LogP contribution in [0.2, 0.25) is 0 Å². The molecule has 24 heavy (non-hydrogen) atoms. The van der Waals surface area contributed by atoms with Gasteiger partial charge >= 0.3 is 0 Å². The van der Waals surface area contributed by atoms with Crippen LogP contribution in [0.25, 0.3) is 0 Å². The Morgan fingerprint density at radius 1 is 1.00 bits per heavy atom.